The number of unbranched alkanes of at least 4 members (excludes halogenated alkanes) is 2. The van der Waals surface area contributed by atoms with Crippen molar-refractivity contribution < 1.29 is 0 Å². The first-order valence-electron chi connectivity index (χ1n) is 6.85. The summed E-state index contributed by atoms with van der Waals surface area (Å²) in [4.78, 5) is 6.57. The molecule has 4 nitrogen and oxygen atoms in total. The van der Waals surface area contributed by atoms with Gasteiger partial charge in [0.15, 0.2) is 0 Å². The smallest absolute Gasteiger partial charge is 0.148 e. The molecular weight excluding hydrogens is 260 g/mol. The summed E-state index contributed by atoms with van der Waals surface area (Å²) in [6, 6.07) is 1.69. The molecule has 0 aromatic carbocycles. The predicted molar refractivity (Wildman–Crippen MR) is 82.3 cm³/mol. The summed E-state index contributed by atoms with van der Waals surface area (Å²) in [6.45, 7) is 6.20. The summed E-state index contributed by atoms with van der Waals surface area (Å²) in [7, 11) is 0. The van der Waals surface area contributed by atoms with Gasteiger partial charge in [-0.1, -0.05) is 38.3 Å². The van der Waals surface area contributed by atoms with Crippen molar-refractivity contribution in [2.75, 3.05) is 18.0 Å². The van der Waals surface area contributed by atoms with Gasteiger partial charge in [-0.2, -0.15) is 0 Å². The van der Waals surface area contributed by atoms with Gasteiger partial charge < -0.3 is 10.6 Å². The molecule has 3 N–H and O–H groups in total. The van der Waals surface area contributed by atoms with Crippen LogP contribution in [0, 0.1) is 5.41 Å². The number of rotatable bonds is 8. The van der Waals surface area contributed by atoms with E-state index < -0.39 is 0 Å². The van der Waals surface area contributed by atoms with E-state index in [1.165, 1.54) is 0 Å². The molecule has 0 aliphatic rings. The van der Waals surface area contributed by atoms with Crippen molar-refractivity contribution in [1.29, 1.82) is 5.41 Å². The summed E-state index contributed by atoms with van der Waals surface area (Å²) in [5.74, 6) is 0.732. The lowest BCUT2D eigenvalue weighted by Gasteiger charge is -2.25. The van der Waals surface area contributed by atoms with Crippen molar-refractivity contribution in [1.82, 2.24) is 4.98 Å². The molecular formula is C14H23ClN4. The quantitative estimate of drug-likeness (QED) is 0.567. The van der Waals surface area contributed by atoms with E-state index in [-0.39, 0.29) is 5.84 Å². The van der Waals surface area contributed by atoms with Gasteiger partial charge in [0.25, 0.3) is 0 Å². The van der Waals surface area contributed by atoms with Crippen molar-refractivity contribution in [3.8, 4) is 0 Å². The third kappa shape index (κ3) is 4.39. The van der Waals surface area contributed by atoms with Crippen LogP contribution < -0.4 is 10.6 Å². The minimum absolute atomic E-state index is 0.0143. The summed E-state index contributed by atoms with van der Waals surface area (Å²) in [6.07, 6.45) is 6.14. The number of pyridine rings is 1. The molecule has 1 aromatic rings. The Morgan fingerprint density at radius 3 is 2.37 bits per heavy atom. The van der Waals surface area contributed by atoms with Crippen LogP contribution in [0.5, 0.6) is 0 Å². The van der Waals surface area contributed by atoms with Crippen LogP contribution in [0.3, 0.4) is 0 Å². The molecule has 0 unspecified atom stereocenters. The number of anilines is 1. The Morgan fingerprint density at radius 1 is 1.32 bits per heavy atom. The fourth-order valence-electron chi connectivity index (χ4n) is 1.88. The van der Waals surface area contributed by atoms with Crippen LogP contribution in [0.1, 0.15) is 45.1 Å². The maximum Gasteiger partial charge on any atom is 0.148 e. The maximum absolute atomic E-state index is 7.54. The van der Waals surface area contributed by atoms with Crippen molar-refractivity contribution in [2.24, 2.45) is 5.73 Å². The normalized spacial score (nSPS) is 10.5. The fourth-order valence-corrected chi connectivity index (χ4v) is 2.22. The van der Waals surface area contributed by atoms with Crippen LogP contribution in [0.4, 0.5) is 5.82 Å². The molecule has 0 radical (unpaired) electrons. The van der Waals surface area contributed by atoms with E-state index in [0.29, 0.717) is 10.6 Å². The highest BCUT2D eigenvalue weighted by atomic mass is 35.5. The molecule has 0 spiro atoms. The second kappa shape index (κ2) is 8.00. The number of amidine groups is 1. The fraction of sp³-hybridized carbons (Fsp3) is 0.571. The van der Waals surface area contributed by atoms with Crippen LogP contribution >= 0.6 is 11.6 Å². The van der Waals surface area contributed by atoms with Crippen molar-refractivity contribution in [3.05, 3.63) is 22.8 Å². The van der Waals surface area contributed by atoms with Crippen molar-refractivity contribution in [2.45, 2.75) is 39.5 Å². The topological polar surface area (TPSA) is 66.0 Å². The van der Waals surface area contributed by atoms with Gasteiger partial charge in [-0.3, -0.25) is 5.41 Å². The summed E-state index contributed by atoms with van der Waals surface area (Å²) in [5.41, 5.74) is 6.10. The number of nitrogen functional groups attached to an aromatic ring is 1. The highest BCUT2D eigenvalue weighted by Crippen LogP contribution is 2.27. The first kappa shape index (κ1) is 15.8. The van der Waals surface area contributed by atoms with Gasteiger partial charge in [0.1, 0.15) is 11.7 Å². The number of nitrogens with one attached hydrogen (secondary N) is 1. The lowest BCUT2D eigenvalue weighted by Crippen LogP contribution is -2.27. The van der Waals surface area contributed by atoms with Gasteiger partial charge in [0.2, 0.25) is 0 Å². The first-order chi connectivity index (χ1) is 9.11. The number of nitrogens with zero attached hydrogens (tertiary/aromatic N) is 2. The van der Waals surface area contributed by atoms with E-state index >= 15 is 0 Å². The maximum atomic E-state index is 7.54. The molecule has 0 bridgehead atoms. The van der Waals surface area contributed by atoms with E-state index in [2.05, 4.69) is 23.7 Å². The Hall–Kier alpha value is -1.29. The average molecular weight is 283 g/mol. The molecule has 0 saturated heterocycles. The third-order valence-electron chi connectivity index (χ3n) is 3.02. The Morgan fingerprint density at radius 2 is 1.89 bits per heavy atom. The second-order valence-electron chi connectivity index (χ2n) is 4.60. The Bertz CT molecular complexity index is 412. The zero-order chi connectivity index (χ0) is 14.3. The lowest BCUT2D eigenvalue weighted by molar-refractivity contribution is 0.671. The molecule has 0 amide bonds. The largest absolute Gasteiger partial charge is 0.384 e. The van der Waals surface area contributed by atoms with Crippen LogP contribution in [-0.2, 0) is 0 Å². The van der Waals surface area contributed by atoms with Crippen LogP contribution in [0.15, 0.2) is 12.3 Å². The molecule has 0 aliphatic heterocycles. The SMILES string of the molecule is CCCCN(CCCC)c1nccc(C(=N)N)c1Cl. The lowest BCUT2D eigenvalue weighted by atomic mass is 10.2. The Kier molecular flexibility index (Phi) is 6.64. The molecule has 1 rings (SSSR count). The van der Waals surface area contributed by atoms with E-state index in [1.54, 1.807) is 12.3 Å². The molecule has 0 fully saturated rings. The number of hydrogen-bond acceptors (Lipinski definition) is 3. The number of nitrogens with two attached hydrogens (primary N) is 1. The molecule has 106 valence electrons. The number of halogens is 1. The van der Waals surface area contributed by atoms with Gasteiger partial charge in [-0.15, -0.1) is 0 Å². The Balaban J connectivity index is 2.99. The minimum atomic E-state index is -0.0143. The monoisotopic (exact) mass is 282 g/mol. The summed E-state index contributed by atoms with van der Waals surface area (Å²) in [5, 5.41) is 8.03. The molecule has 5 heteroatoms. The van der Waals surface area contributed by atoms with E-state index in [0.717, 1.165) is 44.6 Å². The first-order valence-corrected chi connectivity index (χ1v) is 7.23. The zero-order valence-corrected chi connectivity index (χ0v) is 12.5. The minimum Gasteiger partial charge on any atom is -0.384 e. The average Bonchev–Trinajstić information content (AvgIpc) is 2.39. The van der Waals surface area contributed by atoms with Crippen molar-refractivity contribution >= 4 is 23.3 Å². The van der Waals surface area contributed by atoms with Gasteiger partial charge in [-0.05, 0) is 18.9 Å². The zero-order valence-electron chi connectivity index (χ0n) is 11.7. The van der Waals surface area contributed by atoms with E-state index in [1.807, 2.05) is 0 Å². The van der Waals surface area contributed by atoms with Gasteiger partial charge in [0, 0.05) is 24.8 Å². The van der Waals surface area contributed by atoms with E-state index in [4.69, 9.17) is 22.7 Å². The third-order valence-corrected chi connectivity index (χ3v) is 3.40. The predicted octanol–water partition coefficient (Wildman–Crippen LogP) is 3.43. The van der Waals surface area contributed by atoms with E-state index in [9.17, 15) is 0 Å². The second-order valence-corrected chi connectivity index (χ2v) is 4.98. The molecule has 1 aromatic heterocycles. The molecule has 1 heterocycles. The van der Waals surface area contributed by atoms with Gasteiger partial charge >= 0.3 is 0 Å². The summed E-state index contributed by atoms with van der Waals surface area (Å²) < 4.78 is 0. The Labute approximate surface area is 120 Å². The van der Waals surface area contributed by atoms with Crippen LogP contribution in [0.2, 0.25) is 5.02 Å². The molecule has 0 atom stereocenters. The standard InChI is InChI=1S/C14H23ClN4/c1-3-5-9-19(10-6-4-2)14-12(15)11(13(16)17)7-8-18-14/h7-8H,3-6,9-10H2,1-2H3,(H3,16,17). The van der Waals surface area contributed by atoms with Gasteiger partial charge in [-0.25, -0.2) is 4.98 Å². The highest BCUT2D eigenvalue weighted by Gasteiger charge is 2.15. The number of aromatic nitrogens is 1. The van der Waals surface area contributed by atoms with Crippen molar-refractivity contribution in [3.63, 3.8) is 0 Å². The molecule has 0 aliphatic carbocycles. The highest BCUT2D eigenvalue weighted by molar-refractivity contribution is 6.36. The van der Waals surface area contributed by atoms with Crippen LogP contribution in [0.25, 0.3) is 0 Å². The molecule has 0 saturated carbocycles. The van der Waals surface area contributed by atoms with Gasteiger partial charge in [0.05, 0.1) is 5.02 Å². The summed E-state index contributed by atoms with van der Waals surface area (Å²) >= 11 is 6.33. The molecule has 19 heavy (non-hydrogen) atoms. The van der Waals surface area contributed by atoms with Crippen LogP contribution in [-0.4, -0.2) is 23.9 Å². The number of hydrogen-bond donors (Lipinski definition) is 2.